The third-order valence-electron chi connectivity index (χ3n) is 3.15. The number of rotatable bonds is 2. The van der Waals surface area contributed by atoms with E-state index in [1.165, 1.54) is 0 Å². The van der Waals surface area contributed by atoms with E-state index >= 15 is 0 Å². The Morgan fingerprint density at radius 3 is 2.95 bits per heavy atom. The van der Waals surface area contributed by atoms with E-state index in [4.69, 9.17) is 4.74 Å². The molecule has 1 aromatic heterocycles. The lowest BCUT2D eigenvalue weighted by Crippen LogP contribution is -2.55. The standard InChI is InChI=1S/C15H23N3O2/c1-15(2,3)20-14(19)18-9-8-16-11-13(18)10-12-6-4-5-7-17-12/h4-7,13,16H,8-11H2,1-3H3/t13-/m1/s1. The Balaban J connectivity index is 2.03. The van der Waals surface area contributed by atoms with Crippen LogP contribution in [0.1, 0.15) is 26.5 Å². The molecule has 2 heterocycles. The van der Waals surface area contributed by atoms with Crippen LogP contribution in [0.2, 0.25) is 0 Å². The first kappa shape index (κ1) is 14.8. The summed E-state index contributed by atoms with van der Waals surface area (Å²) in [5.41, 5.74) is 0.534. The molecule has 0 bridgehead atoms. The second-order valence-electron chi connectivity index (χ2n) is 6.06. The summed E-state index contributed by atoms with van der Waals surface area (Å²) >= 11 is 0. The van der Waals surface area contributed by atoms with Crippen molar-refractivity contribution in [3.63, 3.8) is 0 Å². The Morgan fingerprint density at radius 1 is 1.50 bits per heavy atom. The number of hydrogen-bond acceptors (Lipinski definition) is 4. The summed E-state index contributed by atoms with van der Waals surface area (Å²) in [6.45, 7) is 7.92. The molecule has 1 aliphatic heterocycles. The first-order valence-corrected chi connectivity index (χ1v) is 7.06. The fourth-order valence-corrected chi connectivity index (χ4v) is 2.26. The second kappa shape index (κ2) is 6.22. The lowest BCUT2D eigenvalue weighted by molar-refractivity contribution is 0.0121. The predicted octanol–water partition coefficient (Wildman–Crippen LogP) is 1.83. The fraction of sp³-hybridized carbons (Fsp3) is 0.600. The lowest BCUT2D eigenvalue weighted by Gasteiger charge is -2.37. The topological polar surface area (TPSA) is 54.5 Å². The number of ether oxygens (including phenoxy) is 1. The minimum atomic E-state index is -0.461. The maximum atomic E-state index is 12.3. The van der Waals surface area contributed by atoms with Gasteiger partial charge >= 0.3 is 6.09 Å². The number of nitrogens with zero attached hydrogens (tertiary/aromatic N) is 2. The summed E-state index contributed by atoms with van der Waals surface area (Å²) in [4.78, 5) is 18.4. The third kappa shape index (κ3) is 4.20. The van der Waals surface area contributed by atoms with Gasteiger partial charge in [0, 0.05) is 37.9 Å². The van der Waals surface area contributed by atoms with Gasteiger partial charge in [0.05, 0.1) is 6.04 Å². The molecule has 0 saturated carbocycles. The van der Waals surface area contributed by atoms with Crippen molar-refractivity contribution in [1.82, 2.24) is 15.2 Å². The van der Waals surface area contributed by atoms with E-state index in [0.29, 0.717) is 6.54 Å². The van der Waals surface area contributed by atoms with Gasteiger partial charge in [-0.05, 0) is 32.9 Å². The normalized spacial score (nSPS) is 19.8. The summed E-state index contributed by atoms with van der Waals surface area (Å²) in [5.74, 6) is 0. The zero-order valence-corrected chi connectivity index (χ0v) is 12.4. The monoisotopic (exact) mass is 277 g/mol. The number of pyridine rings is 1. The SMILES string of the molecule is CC(C)(C)OC(=O)N1CCNC[C@H]1Cc1ccccn1. The third-order valence-corrected chi connectivity index (χ3v) is 3.15. The summed E-state index contributed by atoms with van der Waals surface area (Å²) in [6, 6.07) is 5.94. The molecule has 1 fully saturated rings. The van der Waals surface area contributed by atoms with Crippen LogP contribution < -0.4 is 5.32 Å². The quantitative estimate of drug-likeness (QED) is 0.896. The second-order valence-corrected chi connectivity index (χ2v) is 6.06. The average molecular weight is 277 g/mol. The molecule has 1 amide bonds. The van der Waals surface area contributed by atoms with Gasteiger partial charge in [-0.3, -0.25) is 4.98 Å². The predicted molar refractivity (Wildman–Crippen MR) is 77.5 cm³/mol. The van der Waals surface area contributed by atoms with Gasteiger partial charge < -0.3 is 15.0 Å². The van der Waals surface area contributed by atoms with Gasteiger partial charge in [-0.15, -0.1) is 0 Å². The molecule has 0 spiro atoms. The molecule has 1 saturated heterocycles. The zero-order chi connectivity index (χ0) is 14.6. The zero-order valence-electron chi connectivity index (χ0n) is 12.4. The summed E-state index contributed by atoms with van der Waals surface area (Å²) in [7, 11) is 0. The van der Waals surface area contributed by atoms with Crippen LogP contribution in [0, 0.1) is 0 Å². The number of piperazine rings is 1. The largest absolute Gasteiger partial charge is 0.444 e. The van der Waals surface area contributed by atoms with Gasteiger partial charge in [0.15, 0.2) is 0 Å². The molecule has 1 aliphatic rings. The van der Waals surface area contributed by atoms with E-state index in [0.717, 1.165) is 25.2 Å². The first-order valence-electron chi connectivity index (χ1n) is 7.06. The molecule has 1 N–H and O–H groups in total. The molecular formula is C15H23N3O2. The molecule has 2 rings (SSSR count). The number of nitrogens with one attached hydrogen (secondary N) is 1. The van der Waals surface area contributed by atoms with Crippen molar-refractivity contribution in [2.24, 2.45) is 0 Å². The highest BCUT2D eigenvalue weighted by Crippen LogP contribution is 2.15. The van der Waals surface area contributed by atoms with Crippen molar-refractivity contribution in [3.05, 3.63) is 30.1 Å². The van der Waals surface area contributed by atoms with Crippen LogP contribution in [-0.4, -0.2) is 47.3 Å². The van der Waals surface area contributed by atoms with E-state index in [1.807, 2.05) is 43.9 Å². The summed E-state index contributed by atoms with van der Waals surface area (Å²) in [6.07, 6.45) is 2.29. The minimum Gasteiger partial charge on any atom is -0.444 e. The Kier molecular flexibility index (Phi) is 4.60. The van der Waals surface area contributed by atoms with Crippen LogP contribution >= 0.6 is 0 Å². The maximum Gasteiger partial charge on any atom is 0.410 e. The van der Waals surface area contributed by atoms with E-state index in [9.17, 15) is 4.79 Å². The highest BCUT2D eigenvalue weighted by molar-refractivity contribution is 5.68. The van der Waals surface area contributed by atoms with Crippen molar-refractivity contribution < 1.29 is 9.53 Å². The van der Waals surface area contributed by atoms with Gasteiger partial charge in [0.25, 0.3) is 0 Å². The first-order chi connectivity index (χ1) is 9.46. The Morgan fingerprint density at radius 2 is 2.30 bits per heavy atom. The van der Waals surface area contributed by atoms with Crippen LogP contribution in [0.5, 0.6) is 0 Å². The van der Waals surface area contributed by atoms with Gasteiger partial charge in [-0.25, -0.2) is 4.79 Å². The minimum absolute atomic E-state index is 0.0912. The van der Waals surface area contributed by atoms with Crippen LogP contribution in [-0.2, 0) is 11.2 Å². The molecule has 1 aromatic rings. The molecule has 20 heavy (non-hydrogen) atoms. The van der Waals surface area contributed by atoms with Crippen molar-refractivity contribution in [2.75, 3.05) is 19.6 Å². The molecule has 0 aliphatic carbocycles. The Hall–Kier alpha value is -1.62. The Labute approximate surface area is 120 Å². The van der Waals surface area contributed by atoms with E-state index < -0.39 is 5.60 Å². The number of aromatic nitrogens is 1. The van der Waals surface area contributed by atoms with Crippen molar-refractivity contribution in [3.8, 4) is 0 Å². The number of carbonyl (C=O) groups excluding carboxylic acids is 1. The van der Waals surface area contributed by atoms with Crippen molar-refractivity contribution in [2.45, 2.75) is 38.8 Å². The fourth-order valence-electron chi connectivity index (χ4n) is 2.26. The molecular weight excluding hydrogens is 254 g/mol. The van der Waals surface area contributed by atoms with Crippen LogP contribution in [0.15, 0.2) is 24.4 Å². The van der Waals surface area contributed by atoms with E-state index in [1.54, 1.807) is 6.20 Å². The molecule has 0 radical (unpaired) electrons. The number of carbonyl (C=O) groups is 1. The maximum absolute atomic E-state index is 12.3. The van der Waals surface area contributed by atoms with E-state index in [-0.39, 0.29) is 12.1 Å². The van der Waals surface area contributed by atoms with Gasteiger partial charge in [-0.2, -0.15) is 0 Å². The van der Waals surface area contributed by atoms with Crippen LogP contribution in [0.25, 0.3) is 0 Å². The van der Waals surface area contributed by atoms with Gasteiger partial charge in [0.1, 0.15) is 5.60 Å². The van der Waals surface area contributed by atoms with Crippen LogP contribution in [0.3, 0.4) is 0 Å². The summed E-state index contributed by atoms with van der Waals surface area (Å²) in [5, 5.41) is 3.33. The van der Waals surface area contributed by atoms with Gasteiger partial charge in [-0.1, -0.05) is 6.07 Å². The smallest absolute Gasteiger partial charge is 0.410 e. The van der Waals surface area contributed by atoms with Crippen molar-refractivity contribution >= 4 is 6.09 Å². The molecule has 110 valence electrons. The Bertz CT molecular complexity index is 442. The van der Waals surface area contributed by atoms with Gasteiger partial charge in [0.2, 0.25) is 0 Å². The molecule has 0 unspecified atom stereocenters. The highest BCUT2D eigenvalue weighted by Gasteiger charge is 2.30. The molecule has 1 atom stereocenters. The average Bonchev–Trinajstić information content (AvgIpc) is 2.38. The molecule has 0 aromatic carbocycles. The number of amides is 1. The lowest BCUT2D eigenvalue weighted by atomic mass is 10.1. The van der Waals surface area contributed by atoms with Crippen LogP contribution in [0.4, 0.5) is 4.79 Å². The summed E-state index contributed by atoms with van der Waals surface area (Å²) < 4.78 is 5.48. The molecule has 5 nitrogen and oxygen atoms in total. The van der Waals surface area contributed by atoms with E-state index in [2.05, 4.69) is 10.3 Å². The number of hydrogen-bond donors (Lipinski definition) is 1. The van der Waals surface area contributed by atoms with Crippen molar-refractivity contribution in [1.29, 1.82) is 0 Å². The molecule has 5 heteroatoms. The highest BCUT2D eigenvalue weighted by atomic mass is 16.6.